The lowest BCUT2D eigenvalue weighted by Gasteiger charge is -2.10. The molecule has 0 fully saturated rings. The standard InChI is InChI=1S/C11H11F2NO4/c12-10(13)7(15)4-14-11(16)6-1-2-8-9(3-6)18-5-17-8/h1-3,7,10,15H,4-5H2,(H,14,16). The highest BCUT2D eigenvalue weighted by molar-refractivity contribution is 5.94. The first-order chi connectivity index (χ1) is 8.58. The Morgan fingerprint density at radius 2 is 2.11 bits per heavy atom. The third kappa shape index (κ3) is 2.67. The smallest absolute Gasteiger partial charge is 0.265 e. The highest BCUT2D eigenvalue weighted by Gasteiger charge is 2.19. The Bertz CT molecular complexity index is 453. The summed E-state index contributed by atoms with van der Waals surface area (Å²) in [5, 5.41) is 11.1. The van der Waals surface area contributed by atoms with Gasteiger partial charge in [0.1, 0.15) is 6.10 Å². The van der Waals surface area contributed by atoms with Crippen molar-refractivity contribution in [3.05, 3.63) is 23.8 Å². The summed E-state index contributed by atoms with van der Waals surface area (Å²) in [6.45, 7) is -0.421. The first kappa shape index (κ1) is 12.6. The summed E-state index contributed by atoms with van der Waals surface area (Å²) >= 11 is 0. The maximum Gasteiger partial charge on any atom is 0.265 e. The van der Waals surface area contributed by atoms with Crippen molar-refractivity contribution in [2.45, 2.75) is 12.5 Å². The van der Waals surface area contributed by atoms with Gasteiger partial charge < -0.3 is 19.9 Å². The van der Waals surface area contributed by atoms with Crippen molar-refractivity contribution in [1.29, 1.82) is 0 Å². The van der Waals surface area contributed by atoms with E-state index >= 15 is 0 Å². The van der Waals surface area contributed by atoms with E-state index in [-0.39, 0.29) is 12.4 Å². The third-order valence-electron chi connectivity index (χ3n) is 2.40. The number of aliphatic hydroxyl groups excluding tert-OH is 1. The number of fused-ring (bicyclic) bond motifs is 1. The molecule has 1 aliphatic heterocycles. The van der Waals surface area contributed by atoms with Gasteiger partial charge in [-0.05, 0) is 18.2 Å². The fourth-order valence-corrected chi connectivity index (χ4v) is 1.43. The molecule has 1 unspecified atom stereocenters. The van der Waals surface area contributed by atoms with Crippen molar-refractivity contribution in [3.63, 3.8) is 0 Å². The number of alkyl halides is 2. The van der Waals surface area contributed by atoms with Crippen LogP contribution in [0.3, 0.4) is 0 Å². The minimum absolute atomic E-state index is 0.0878. The molecular weight excluding hydrogens is 248 g/mol. The van der Waals surface area contributed by atoms with Gasteiger partial charge in [-0.2, -0.15) is 0 Å². The molecule has 1 heterocycles. The average Bonchev–Trinajstić information content (AvgIpc) is 2.82. The van der Waals surface area contributed by atoms with E-state index in [9.17, 15) is 13.6 Å². The van der Waals surface area contributed by atoms with Crippen molar-refractivity contribution >= 4 is 5.91 Å². The summed E-state index contributed by atoms with van der Waals surface area (Å²) in [6.07, 6.45) is -4.76. The first-order valence-corrected chi connectivity index (χ1v) is 5.22. The molecule has 1 aliphatic rings. The first-order valence-electron chi connectivity index (χ1n) is 5.22. The van der Waals surface area contributed by atoms with Gasteiger partial charge in [-0.1, -0.05) is 0 Å². The van der Waals surface area contributed by atoms with Gasteiger partial charge in [-0.3, -0.25) is 4.79 Å². The normalized spacial score (nSPS) is 14.7. The molecule has 1 atom stereocenters. The molecule has 98 valence electrons. The minimum atomic E-state index is -2.89. The number of aliphatic hydroxyl groups is 1. The van der Waals surface area contributed by atoms with E-state index in [0.29, 0.717) is 11.5 Å². The van der Waals surface area contributed by atoms with Crippen LogP contribution in [0.25, 0.3) is 0 Å². The number of rotatable bonds is 4. The minimum Gasteiger partial charge on any atom is -0.454 e. The van der Waals surface area contributed by atoms with Gasteiger partial charge in [0, 0.05) is 12.1 Å². The summed E-state index contributed by atoms with van der Waals surface area (Å²) in [6, 6.07) is 4.49. The van der Waals surface area contributed by atoms with Crippen LogP contribution in [-0.4, -0.2) is 36.9 Å². The van der Waals surface area contributed by atoms with Gasteiger partial charge in [0.2, 0.25) is 6.79 Å². The molecular formula is C11H11F2NO4. The lowest BCUT2D eigenvalue weighted by Crippen LogP contribution is -2.35. The van der Waals surface area contributed by atoms with Crippen LogP contribution in [0, 0.1) is 0 Å². The number of carbonyl (C=O) groups excluding carboxylic acids is 1. The van der Waals surface area contributed by atoms with Crippen LogP contribution in [0.15, 0.2) is 18.2 Å². The van der Waals surface area contributed by atoms with Crippen molar-refractivity contribution in [3.8, 4) is 11.5 Å². The molecule has 0 saturated heterocycles. The number of amides is 1. The lowest BCUT2D eigenvalue weighted by molar-refractivity contribution is -0.00270. The molecule has 1 aromatic rings. The largest absolute Gasteiger partial charge is 0.454 e. The molecule has 2 N–H and O–H groups in total. The molecule has 5 nitrogen and oxygen atoms in total. The highest BCUT2D eigenvalue weighted by atomic mass is 19.3. The number of hydrogen-bond donors (Lipinski definition) is 2. The quantitative estimate of drug-likeness (QED) is 0.838. The van der Waals surface area contributed by atoms with Crippen LogP contribution in [0.2, 0.25) is 0 Å². The Kier molecular flexibility index (Phi) is 3.61. The fraction of sp³-hybridized carbons (Fsp3) is 0.364. The second kappa shape index (κ2) is 5.18. The second-order valence-corrected chi connectivity index (χ2v) is 3.68. The molecule has 1 aromatic carbocycles. The van der Waals surface area contributed by atoms with E-state index in [1.165, 1.54) is 12.1 Å². The summed E-state index contributed by atoms with van der Waals surface area (Å²) in [4.78, 5) is 11.6. The number of nitrogens with one attached hydrogen (secondary N) is 1. The maximum absolute atomic E-state index is 12.0. The molecule has 18 heavy (non-hydrogen) atoms. The SMILES string of the molecule is O=C(NCC(O)C(F)F)c1ccc2c(c1)OCO2. The zero-order valence-electron chi connectivity index (χ0n) is 9.23. The number of halogens is 2. The van der Waals surface area contributed by atoms with Crippen molar-refractivity contribution < 1.29 is 28.2 Å². The predicted molar refractivity (Wildman–Crippen MR) is 56.9 cm³/mol. The van der Waals surface area contributed by atoms with E-state index in [4.69, 9.17) is 14.6 Å². The molecule has 7 heteroatoms. The molecule has 0 saturated carbocycles. The topological polar surface area (TPSA) is 67.8 Å². The van der Waals surface area contributed by atoms with Crippen LogP contribution in [0.1, 0.15) is 10.4 Å². The third-order valence-corrected chi connectivity index (χ3v) is 2.40. The summed E-state index contributed by atoms with van der Waals surface area (Å²) < 4.78 is 34.2. The molecule has 0 aliphatic carbocycles. The Morgan fingerprint density at radius 3 is 2.83 bits per heavy atom. The maximum atomic E-state index is 12.0. The number of ether oxygens (including phenoxy) is 2. The Morgan fingerprint density at radius 1 is 1.39 bits per heavy atom. The van der Waals surface area contributed by atoms with Crippen LogP contribution in [0.5, 0.6) is 11.5 Å². The summed E-state index contributed by atoms with van der Waals surface area (Å²) in [5.41, 5.74) is 0.251. The average molecular weight is 259 g/mol. The molecule has 2 rings (SSSR count). The lowest BCUT2D eigenvalue weighted by atomic mass is 10.2. The van der Waals surface area contributed by atoms with E-state index in [2.05, 4.69) is 5.32 Å². The van der Waals surface area contributed by atoms with Crippen molar-refractivity contribution in [2.75, 3.05) is 13.3 Å². The summed E-state index contributed by atoms with van der Waals surface area (Å²) in [7, 11) is 0. The predicted octanol–water partition coefficient (Wildman–Crippen LogP) is 0.771. The Balaban J connectivity index is 1.97. The molecule has 0 radical (unpaired) electrons. The Labute approximate surface area is 101 Å². The van der Waals surface area contributed by atoms with E-state index < -0.39 is 25.0 Å². The van der Waals surface area contributed by atoms with E-state index in [1.807, 2.05) is 0 Å². The fourth-order valence-electron chi connectivity index (χ4n) is 1.43. The molecule has 1 amide bonds. The van der Waals surface area contributed by atoms with E-state index in [0.717, 1.165) is 0 Å². The van der Waals surface area contributed by atoms with Gasteiger partial charge in [0.25, 0.3) is 12.3 Å². The van der Waals surface area contributed by atoms with Gasteiger partial charge in [-0.25, -0.2) is 8.78 Å². The van der Waals surface area contributed by atoms with E-state index in [1.54, 1.807) is 6.07 Å². The van der Waals surface area contributed by atoms with Crippen LogP contribution < -0.4 is 14.8 Å². The van der Waals surface area contributed by atoms with Gasteiger partial charge in [-0.15, -0.1) is 0 Å². The molecule has 0 spiro atoms. The number of carbonyl (C=O) groups is 1. The van der Waals surface area contributed by atoms with Crippen LogP contribution in [-0.2, 0) is 0 Å². The highest BCUT2D eigenvalue weighted by Crippen LogP contribution is 2.32. The zero-order valence-corrected chi connectivity index (χ0v) is 9.23. The Hall–Kier alpha value is -1.89. The van der Waals surface area contributed by atoms with Gasteiger partial charge in [0.15, 0.2) is 11.5 Å². The van der Waals surface area contributed by atoms with Crippen LogP contribution >= 0.6 is 0 Å². The number of benzene rings is 1. The summed E-state index contributed by atoms with van der Waals surface area (Å²) in [5.74, 6) is 0.393. The zero-order chi connectivity index (χ0) is 13.1. The monoisotopic (exact) mass is 259 g/mol. The van der Waals surface area contributed by atoms with Crippen molar-refractivity contribution in [1.82, 2.24) is 5.32 Å². The van der Waals surface area contributed by atoms with Crippen molar-refractivity contribution in [2.24, 2.45) is 0 Å². The number of hydrogen-bond acceptors (Lipinski definition) is 4. The second-order valence-electron chi connectivity index (χ2n) is 3.68. The van der Waals surface area contributed by atoms with Crippen LogP contribution in [0.4, 0.5) is 8.78 Å². The van der Waals surface area contributed by atoms with Gasteiger partial charge in [0.05, 0.1) is 0 Å². The van der Waals surface area contributed by atoms with Gasteiger partial charge >= 0.3 is 0 Å². The molecule has 0 aromatic heterocycles. The molecule has 0 bridgehead atoms.